The first kappa shape index (κ1) is 18.3. The van der Waals surface area contributed by atoms with E-state index < -0.39 is 0 Å². The minimum absolute atomic E-state index is 0.876. The monoisotopic (exact) mass is 304 g/mol. The number of rotatable bonds is 9. The van der Waals surface area contributed by atoms with Gasteiger partial charge in [0.05, 0.1) is 0 Å². The number of unbranched alkanes of at least 4 members (excludes halogenated alkanes) is 3. The van der Waals surface area contributed by atoms with E-state index in [0.29, 0.717) is 0 Å². The van der Waals surface area contributed by atoms with Crippen molar-refractivity contribution < 1.29 is 0 Å². The molecule has 0 saturated carbocycles. The second-order valence-corrected chi connectivity index (χ2v) is 7.07. The van der Waals surface area contributed by atoms with Crippen LogP contribution in [0.1, 0.15) is 75.7 Å². The summed E-state index contributed by atoms with van der Waals surface area (Å²) in [6.07, 6.45) is 11.7. The molecule has 1 heteroatoms. The second-order valence-electron chi connectivity index (χ2n) is 5.85. The first-order chi connectivity index (χ1) is 10.3. The Kier molecular flexibility index (Phi) is 10.3. The summed E-state index contributed by atoms with van der Waals surface area (Å²) in [6, 6.07) is 9.04. The molecule has 0 amide bonds. The van der Waals surface area contributed by atoms with Crippen LogP contribution < -0.4 is 0 Å². The Morgan fingerprint density at radius 2 is 1.43 bits per heavy atom. The van der Waals surface area contributed by atoms with Crippen molar-refractivity contribution >= 4 is 8.19 Å². The van der Waals surface area contributed by atoms with Gasteiger partial charge in [0.15, 0.2) is 0 Å². The molecule has 0 saturated heterocycles. The van der Waals surface area contributed by atoms with Crippen molar-refractivity contribution in [1.29, 1.82) is 0 Å². The van der Waals surface area contributed by atoms with E-state index in [9.17, 15) is 0 Å². The molecule has 0 aliphatic heterocycles. The summed E-state index contributed by atoms with van der Waals surface area (Å²) in [6.45, 7) is 6.90. The minimum atomic E-state index is 0.876. The SMILES string of the molecule is CCCCc1ccccc[pH]c(CCCC)c1CCCC. The lowest BCUT2D eigenvalue weighted by atomic mass is 9.97. The highest BCUT2D eigenvalue weighted by Crippen LogP contribution is 2.25. The Morgan fingerprint density at radius 1 is 0.762 bits per heavy atom. The summed E-state index contributed by atoms with van der Waals surface area (Å²) in [5.74, 6) is 2.37. The molecular weight excluding hydrogens is 271 g/mol. The summed E-state index contributed by atoms with van der Waals surface area (Å²) in [7, 11) is 0.876. The zero-order valence-electron chi connectivity index (χ0n) is 14.3. The normalized spacial score (nSPS) is 10.8. The van der Waals surface area contributed by atoms with Gasteiger partial charge >= 0.3 is 0 Å². The van der Waals surface area contributed by atoms with E-state index in [2.05, 4.69) is 50.8 Å². The van der Waals surface area contributed by atoms with Crippen LogP contribution in [-0.2, 0) is 19.3 Å². The van der Waals surface area contributed by atoms with Gasteiger partial charge in [0.1, 0.15) is 0 Å². The topological polar surface area (TPSA) is 0 Å². The van der Waals surface area contributed by atoms with Gasteiger partial charge in [-0.15, -0.1) is 8.19 Å². The van der Waals surface area contributed by atoms with Gasteiger partial charge in [0, 0.05) is 0 Å². The lowest BCUT2D eigenvalue weighted by Gasteiger charge is -2.12. The largest absolute Gasteiger partial charge is 0.136 e. The summed E-state index contributed by atoms with van der Waals surface area (Å²) in [5.41, 5.74) is 3.32. The third-order valence-corrected chi connectivity index (χ3v) is 5.24. The van der Waals surface area contributed by atoms with Crippen molar-refractivity contribution in [2.24, 2.45) is 0 Å². The molecule has 1 aromatic rings. The van der Waals surface area contributed by atoms with Crippen LogP contribution >= 0.6 is 8.19 Å². The van der Waals surface area contributed by atoms with E-state index >= 15 is 0 Å². The van der Waals surface area contributed by atoms with Crippen LogP contribution in [0.5, 0.6) is 0 Å². The summed E-state index contributed by atoms with van der Waals surface area (Å²) < 4.78 is 0. The van der Waals surface area contributed by atoms with Crippen LogP contribution in [0.2, 0.25) is 0 Å². The maximum absolute atomic E-state index is 2.38. The standard InChI is InChI=1S/C20H33P/c1-4-7-13-18-14-11-10-12-17-21-20(16-9-6-3)19(18)15-8-5-2/h10-12,14,17,21H,4-9,13,15-16H2,1-3H3. The molecule has 0 aliphatic carbocycles. The zero-order valence-corrected chi connectivity index (χ0v) is 15.3. The minimum Gasteiger partial charge on any atom is -0.136 e. The van der Waals surface area contributed by atoms with Crippen LogP contribution in [0.4, 0.5) is 0 Å². The van der Waals surface area contributed by atoms with Gasteiger partial charge in [-0.2, -0.15) is 0 Å². The maximum atomic E-state index is 2.38. The fourth-order valence-electron chi connectivity index (χ4n) is 2.66. The van der Waals surface area contributed by atoms with Gasteiger partial charge in [0.25, 0.3) is 0 Å². The highest BCUT2D eigenvalue weighted by Gasteiger charge is 2.06. The van der Waals surface area contributed by atoms with Crippen LogP contribution in [0.15, 0.2) is 30.1 Å². The van der Waals surface area contributed by atoms with Gasteiger partial charge in [-0.1, -0.05) is 64.3 Å². The molecule has 1 atom stereocenters. The molecule has 0 spiro atoms. The number of hydrogen-bond acceptors (Lipinski definition) is 0. The van der Waals surface area contributed by atoms with E-state index in [1.165, 1.54) is 57.8 Å². The quantitative estimate of drug-likeness (QED) is 0.467. The molecule has 1 rings (SSSR count). The molecule has 0 nitrogen and oxygen atoms in total. The Labute approximate surface area is 133 Å². The maximum Gasteiger partial charge on any atom is -0.0241 e. The summed E-state index contributed by atoms with van der Waals surface area (Å²) >= 11 is 0. The van der Waals surface area contributed by atoms with E-state index in [-0.39, 0.29) is 0 Å². The van der Waals surface area contributed by atoms with E-state index in [1.807, 2.05) is 0 Å². The highest BCUT2D eigenvalue weighted by molar-refractivity contribution is 7.30. The average molecular weight is 304 g/mol. The molecule has 1 heterocycles. The van der Waals surface area contributed by atoms with Crippen LogP contribution in [0.3, 0.4) is 0 Å². The van der Waals surface area contributed by atoms with E-state index in [0.717, 1.165) is 8.19 Å². The van der Waals surface area contributed by atoms with Gasteiger partial charge < -0.3 is 0 Å². The lowest BCUT2D eigenvalue weighted by molar-refractivity contribution is 0.742. The van der Waals surface area contributed by atoms with Crippen LogP contribution in [0, 0.1) is 0 Å². The molecule has 0 fully saturated rings. The smallest absolute Gasteiger partial charge is 0.0241 e. The third kappa shape index (κ3) is 7.18. The number of hydrogen-bond donors (Lipinski definition) is 0. The van der Waals surface area contributed by atoms with Crippen molar-refractivity contribution in [1.82, 2.24) is 0 Å². The summed E-state index contributed by atoms with van der Waals surface area (Å²) in [5, 5.41) is 1.73. The molecular formula is C20H33P. The predicted molar refractivity (Wildman–Crippen MR) is 99.4 cm³/mol. The van der Waals surface area contributed by atoms with Crippen LogP contribution in [-0.4, -0.2) is 0 Å². The van der Waals surface area contributed by atoms with Crippen molar-refractivity contribution in [2.75, 3.05) is 0 Å². The molecule has 0 radical (unpaired) electrons. The van der Waals surface area contributed by atoms with Crippen molar-refractivity contribution in [3.05, 3.63) is 46.5 Å². The van der Waals surface area contributed by atoms with E-state index in [4.69, 9.17) is 0 Å². The first-order valence-corrected chi connectivity index (χ1v) is 9.92. The fourth-order valence-corrected chi connectivity index (χ4v) is 3.85. The Morgan fingerprint density at radius 3 is 2.14 bits per heavy atom. The molecule has 0 N–H and O–H groups in total. The molecule has 1 aromatic heterocycles. The lowest BCUT2D eigenvalue weighted by Crippen LogP contribution is -1.98. The molecule has 0 aromatic carbocycles. The number of aryl methyl sites for hydroxylation is 2. The molecule has 1 unspecified atom stereocenters. The van der Waals surface area contributed by atoms with E-state index in [1.54, 1.807) is 16.4 Å². The average Bonchev–Trinajstić information content (AvgIpc) is 2.59. The fraction of sp³-hybridized carbons (Fsp3) is 0.600. The summed E-state index contributed by atoms with van der Waals surface area (Å²) in [4.78, 5) is 0. The Hall–Kier alpha value is -0.740. The predicted octanol–water partition coefficient (Wildman–Crippen LogP) is 6.87. The first-order valence-electron chi connectivity index (χ1n) is 8.84. The molecule has 21 heavy (non-hydrogen) atoms. The molecule has 0 aliphatic rings. The van der Waals surface area contributed by atoms with Gasteiger partial charge in [-0.25, -0.2) is 0 Å². The second kappa shape index (κ2) is 11.9. The van der Waals surface area contributed by atoms with Crippen molar-refractivity contribution in [2.45, 2.75) is 78.6 Å². The van der Waals surface area contributed by atoms with Crippen molar-refractivity contribution in [3.63, 3.8) is 0 Å². The van der Waals surface area contributed by atoms with Crippen LogP contribution in [0.25, 0.3) is 0 Å². The molecule has 0 bridgehead atoms. The van der Waals surface area contributed by atoms with Crippen molar-refractivity contribution in [3.8, 4) is 0 Å². The van der Waals surface area contributed by atoms with Gasteiger partial charge in [0.2, 0.25) is 0 Å². The zero-order chi connectivity index (χ0) is 15.3. The van der Waals surface area contributed by atoms with Gasteiger partial charge in [-0.05, 0) is 60.7 Å². The third-order valence-electron chi connectivity index (χ3n) is 3.99. The Balaban J connectivity index is 3.25. The Bertz CT molecular complexity index is 393. The molecule has 118 valence electrons. The highest BCUT2D eigenvalue weighted by atomic mass is 31.0. The van der Waals surface area contributed by atoms with Gasteiger partial charge in [-0.3, -0.25) is 0 Å².